The molecule has 18 heavy (non-hydrogen) atoms. The standard InChI is InChI=1S/C14H18O4/c1-3-10(2)18-13(15)9-8-11-6-4-5-7-12(11)14(16)17/h4-7,10H,3,8-9H2,1-2H3,(H,16,17). The average Bonchev–Trinajstić information content (AvgIpc) is 2.36. The summed E-state index contributed by atoms with van der Waals surface area (Å²) in [5.41, 5.74) is 0.903. The molecule has 0 bridgehead atoms. The molecule has 1 aromatic rings. The molecule has 1 aromatic carbocycles. The van der Waals surface area contributed by atoms with E-state index in [4.69, 9.17) is 9.84 Å². The van der Waals surface area contributed by atoms with Crippen molar-refractivity contribution in [3.8, 4) is 0 Å². The van der Waals surface area contributed by atoms with E-state index in [1.807, 2.05) is 13.8 Å². The Morgan fingerprint density at radius 3 is 2.61 bits per heavy atom. The molecule has 4 nitrogen and oxygen atoms in total. The lowest BCUT2D eigenvalue weighted by atomic mass is 10.0. The van der Waals surface area contributed by atoms with E-state index in [9.17, 15) is 9.59 Å². The van der Waals surface area contributed by atoms with Crippen LogP contribution in [0.4, 0.5) is 0 Å². The minimum atomic E-state index is -0.971. The van der Waals surface area contributed by atoms with E-state index in [2.05, 4.69) is 0 Å². The Kier molecular flexibility index (Phi) is 5.36. The van der Waals surface area contributed by atoms with Crippen molar-refractivity contribution >= 4 is 11.9 Å². The van der Waals surface area contributed by atoms with Crippen molar-refractivity contribution < 1.29 is 19.4 Å². The highest BCUT2D eigenvalue weighted by Gasteiger charge is 2.12. The lowest BCUT2D eigenvalue weighted by Crippen LogP contribution is -2.14. The van der Waals surface area contributed by atoms with Crippen LogP contribution in [-0.2, 0) is 16.0 Å². The SMILES string of the molecule is CCC(C)OC(=O)CCc1ccccc1C(=O)O. The van der Waals surface area contributed by atoms with Gasteiger partial charge in [0.05, 0.1) is 11.7 Å². The molecule has 0 spiro atoms. The molecular weight excluding hydrogens is 232 g/mol. The van der Waals surface area contributed by atoms with Crippen LogP contribution < -0.4 is 0 Å². The fraction of sp³-hybridized carbons (Fsp3) is 0.429. The maximum absolute atomic E-state index is 11.5. The van der Waals surface area contributed by atoms with Crippen molar-refractivity contribution in [3.63, 3.8) is 0 Å². The van der Waals surface area contributed by atoms with Gasteiger partial charge in [0, 0.05) is 6.42 Å². The Morgan fingerprint density at radius 1 is 1.33 bits per heavy atom. The topological polar surface area (TPSA) is 63.6 Å². The minimum Gasteiger partial charge on any atom is -0.478 e. The predicted molar refractivity (Wildman–Crippen MR) is 67.6 cm³/mol. The van der Waals surface area contributed by atoms with Crippen LogP contribution in [0.15, 0.2) is 24.3 Å². The summed E-state index contributed by atoms with van der Waals surface area (Å²) in [7, 11) is 0. The molecule has 0 saturated carbocycles. The molecule has 0 saturated heterocycles. The van der Waals surface area contributed by atoms with Gasteiger partial charge in [-0.1, -0.05) is 25.1 Å². The third-order valence-electron chi connectivity index (χ3n) is 2.75. The number of carboxylic acids is 1. The van der Waals surface area contributed by atoms with Crippen LogP contribution >= 0.6 is 0 Å². The van der Waals surface area contributed by atoms with Crippen LogP contribution in [0.25, 0.3) is 0 Å². The number of benzene rings is 1. The van der Waals surface area contributed by atoms with Crippen molar-refractivity contribution in [3.05, 3.63) is 35.4 Å². The summed E-state index contributed by atoms with van der Waals surface area (Å²) in [6.07, 6.45) is 1.27. The number of aryl methyl sites for hydroxylation is 1. The lowest BCUT2D eigenvalue weighted by molar-refractivity contribution is -0.148. The van der Waals surface area contributed by atoms with Gasteiger partial charge in [0.15, 0.2) is 0 Å². The monoisotopic (exact) mass is 250 g/mol. The highest BCUT2D eigenvalue weighted by atomic mass is 16.5. The fourth-order valence-corrected chi connectivity index (χ4v) is 1.55. The Bertz CT molecular complexity index is 426. The van der Waals surface area contributed by atoms with Crippen molar-refractivity contribution in [1.82, 2.24) is 0 Å². The smallest absolute Gasteiger partial charge is 0.335 e. The first-order valence-electron chi connectivity index (χ1n) is 6.05. The number of esters is 1. The van der Waals surface area contributed by atoms with Gasteiger partial charge >= 0.3 is 11.9 Å². The van der Waals surface area contributed by atoms with Gasteiger partial charge in [-0.25, -0.2) is 4.79 Å². The van der Waals surface area contributed by atoms with E-state index >= 15 is 0 Å². The van der Waals surface area contributed by atoms with Gasteiger partial charge in [0.25, 0.3) is 0 Å². The van der Waals surface area contributed by atoms with Gasteiger partial charge in [-0.15, -0.1) is 0 Å². The molecular formula is C14H18O4. The second kappa shape index (κ2) is 6.79. The van der Waals surface area contributed by atoms with E-state index in [1.165, 1.54) is 6.07 Å². The van der Waals surface area contributed by atoms with Crippen LogP contribution in [0.2, 0.25) is 0 Å². The predicted octanol–water partition coefficient (Wildman–Crippen LogP) is 2.66. The summed E-state index contributed by atoms with van der Waals surface area (Å²) in [5.74, 6) is -1.26. The average molecular weight is 250 g/mol. The summed E-state index contributed by atoms with van der Waals surface area (Å²) in [5, 5.41) is 9.00. The lowest BCUT2D eigenvalue weighted by Gasteiger charge is -2.11. The van der Waals surface area contributed by atoms with Crippen LogP contribution in [0.1, 0.15) is 42.6 Å². The molecule has 0 aliphatic carbocycles. The number of carboxylic acid groups (broad SMARTS) is 1. The molecule has 0 radical (unpaired) electrons. The number of carbonyl (C=O) groups excluding carboxylic acids is 1. The number of carbonyl (C=O) groups is 2. The zero-order valence-electron chi connectivity index (χ0n) is 10.7. The van der Waals surface area contributed by atoms with Crippen LogP contribution in [0.3, 0.4) is 0 Å². The van der Waals surface area contributed by atoms with Crippen LogP contribution in [0.5, 0.6) is 0 Å². The summed E-state index contributed by atoms with van der Waals surface area (Å²) in [4.78, 5) is 22.5. The van der Waals surface area contributed by atoms with Crippen molar-refractivity contribution in [2.24, 2.45) is 0 Å². The van der Waals surface area contributed by atoms with Gasteiger partial charge in [0.1, 0.15) is 0 Å². The number of aromatic carboxylic acids is 1. The van der Waals surface area contributed by atoms with Crippen molar-refractivity contribution in [2.75, 3.05) is 0 Å². The molecule has 0 heterocycles. The second-order valence-electron chi connectivity index (χ2n) is 4.17. The quantitative estimate of drug-likeness (QED) is 0.788. The molecule has 1 rings (SSSR count). The van der Waals surface area contributed by atoms with E-state index in [-0.39, 0.29) is 24.1 Å². The molecule has 0 aromatic heterocycles. The molecule has 0 fully saturated rings. The maximum atomic E-state index is 11.5. The first-order chi connectivity index (χ1) is 8.54. The highest BCUT2D eigenvalue weighted by Crippen LogP contribution is 2.12. The van der Waals surface area contributed by atoms with Gasteiger partial charge in [-0.3, -0.25) is 4.79 Å². The Labute approximate surface area is 107 Å². The zero-order valence-corrected chi connectivity index (χ0v) is 10.7. The van der Waals surface area contributed by atoms with Crippen LogP contribution in [-0.4, -0.2) is 23.1 Å². The molecule has 0 aliphatic rings. The number of hydrogen-bond donors (Lipinski definition) is 1. The van der Waals surface area contributed by atoms with Gasteiger partial charge in [-0.05, 0) is 31.4 Å². The first-order valence-corrected chi connectivity index (χ1v) is 6.05. The second-order valence-corrected chi connectivity index (χ2v) is 4.17. The summed E-state index contributed by atoms with van der Waals surface area (Å²) in [6, 6.07) is 6.70. The third kappa shape index (κ3) is 4.20. The van der Waals surface area contributed by atoms with Gasteiger partial charge in [0.2, 0.25) is 0 Å². The molecule has 1 unspecified atom stereocenters. The zero-order chi connectivity index (χ0) is 13.5. The largest absolute Gasteiger partial charge is 0.478 e. The molecule has 0 amide bonds. The Morgan fingerprint density at radius 2 is 2.00 bits per heavy atom. The summed E-state index contributed by atoms with van der Waals surface area (Å²) in [6.45, 7) is 3.78. The molecule has 1 atom stereocenters. The minimum absolute atomic E-state index is 0.0905. The normalized spacial score (nSPS) is 11.9. The summed E-state index contributed by atoms with van der Waals surface area (Å²) < 4.78 is 5.14. The molecule has 98 valence electrons. The highest BCUT2D eigenvalue weighted by molar-refractivity contribution is 5.89. The van der Waals surface area contributed by atoms with E-state index in [1.54, 1.807) is 18.2 Å². The van der Waals surface area contributed by atoms with Crippen molar-refractivity contribution in [1.29, 1.82) is 0 Å². The summed E-state index contributed by atoms with van der Waals surface area (Å²) >= 11 is 0. The Hall–Kier alpha value is -1.84. The van der Waals surface area contributed by atoms with Crippen LogP contribution in [0, 0.1) is 0 Å². The number of ether oxygens (including phenoxy) is 1. The molecule has 0 aliphatic heterocycles. The number of hydrogen-bond acceptors (Lipinski definition) is 3. The first kappa shape index (κ1) is 14.2. The maximum Gasteiger partial charge on any atom is 0.335 e. The Balaban J connectivity index is 2.58. The van der Waals surface area contributed by atoms with Gasteiger partial charge in [-0.2, -0.15) is 0 Å². The van der Waals surface area contributed by atoms with E-state index < -0.39 is 5.97 Å². The van der Waals surface area contributed by atoms with Gasteiger partial charge < -0.3 is 9.84 Å². The van der Waals surface area contributed by atoms with E-state index in [0.29, 0.717) is 12.0 Å². The molecule has 4 heteroatoms. The molecule has 1 N–H and O–H groups in total. The fourth-order valence-electron chi connectivity index (χ4n) is 1.55. The third-order valence-corrected chi connectivity index (χ3v) is 2.75. The van der Waals surface area contributed by atoms with E-state index in [0.717, 1.165) is 6.42 Å². The van der Waals surface area contributed by atoms with Crippen molar-refractivity contribution in [2.45, 2.75) is 39.2 Å². The number of rotatable bonds is 6.